The van der Waals surface area contributed by atoms with Crippen LogP contribution in [0.15, 0.2) is 12.2 Å². The highest BCUT2D eigenvalue weighted by Crippen LogP contribution is 2.37. The van der Waals surface area contributed by atoms with E-state index in [1.165, 1.54) is 27.0 Å². The van der Waals surface area contributed by atoms with E-state index in [0.29, 0.717) is 12.7 Å². The SMILES string of the molecule is COC1C(OC(C)=O)CC(=O)OC(C)CC2OC2C=CC(=O)C(C)CC(CC=O)C1OC1OC(C)C(OC2CC(C)(O)C(O)C(C)O2)C(N(C)C)C1O. The van der Waals surface area contributed by atoms with Crippen LogP contribution >= 0.6 is 0 Å². The van der Waals surface area contributed by atoms with Gasteiger partial charge in [-0.2, -0.15) is 0 Å². The molecule has 4 heterocycles. The van der Waals surface area contributed by atoms with Crippen molar-refractivity contribution < 1.29 is 72.4 Å². The fourth-order valence-electron chi connectivity index (χ4n) is 7.77. The molecular formula is C37H59NO15. The molecule has 4 aliphatic heterocycles. The molecule has 0 bridgehead atoms. The van der Waals surface area contributed by atoms with Gasteiger partial charge in [-0.05, 0) is 66.3 Å². The van der Waals surface area contributed by atoms with Crippen molar-refractivity contribution in [2.24, 2.45) is 11.8 Å². The first-order valence-electron chi connectivity index (χ1n) is 18.4. The lowest BCUT2D eigenvalue weighted by Gasteiger charge is -2.50. The Kier molecular flexibility index (Phi) is 15.1. The summed E-state index contributed by atoms with van der Waals surface area (Å²) in [6, 6.07) is -0.768. The van der Waals surface area contributed by atoms with Crippen LogP contribution in [0, 0.1) is 11.8 Å². The lowest BCUT2D eigenvalue weighted by Crippen LogP contribution is -2.65. The number of ketones is 1. The number of allylic oxidation sites excluding steroid dienone is 1. The molecule has 53 heavy (non-hydrogen) atoms. The van der Waals surface area contributed by atoms with Crippen LogP contribution in [-0.4, -0.2) is 157 Å². The fourth-order valence-corrected chi connectivity index (χ4v) is 7.77. The molecule has 3 saturated heterocycles. The van der Waals surface area contributed by atoms with Crippen molar-refractivity contribution in [3.63, 3.8) is 0 Å². The summed E-state index contributed by atoms with van der Waals surface area (Å²) in [6.07, 6.45) is -8.05. The van der Waals surface area contributed by atoms with Crippen LogP contribution in [0.3, 0.4) is 0 Å². The molecule has 4 aliphatic rings. The topological polar surface area (TPSA) is 209 Å². The summed E-state index contributed by atoms with van der Waals surface area (Å²) in [7, 11) is 4.82. The molecule has 0 radical (unpaired) electrons. The minimum atomic E-state index is -1.49. The molecule has 3 fully saturated rings. The number of nitrogens with zero attached hydrogens (tertiary/aromatic N) is 1. The predicted octanol–water partition coefficient (Wildman–Crippen LogP) is 0.836. The highest BCUT2D eigenvalue weighted by atomic mass is 16.7. The first kappa shape index (κ1) is 43.3. The van der Waals surface area contributed by atoms with Gasteiger partial charge in [-0.25, -0.2) is 0 Å². The number of fused-ring (bicyclic) bond motifs is 1. The molecule has 0 saturated carbocycles. The molecule has 0 amide bonds. The summed E-state index contributed by atoms with van der Waals surface area (Å²) in [4.78, 5) is 52.9. The maximum atomic E-state index is 13.3. The number of aliphatic hydroxyl groups excluding tert-OH is 2. The van der Waals surface area contributed by atoms with Crippen molar-refractivity contribution in [2.45, 2.75) is 165 Å². The Bertz CT molecular complexity index is 1290. The summed E-state index contributed by atoms with van der Waals surface area (Å²) in [6.45, 7) is 9.47. The molecule has 17 unspecified atom stereocenters. The summed E-state index contributed by atoms with van der Waals surface area (Å²) < 4.78 is 47.9. The van der Waals surface area contributed by atoms with Gasteiger partial charge in [-0.15, -0.1) is 0 Å². The van der Waals surface area contributed by atoms with Gasteiger partial charge in [0, 0.05) is 39.2 Å². The van der Waals surface area contributed by atoms with Gasteiger partial charge in [-0.3, -0.25) is 14.4 Å². The first-order valence-corrected chi connectivity index (χ1v) is 18.4. The Morgan fingerprint density at radius 2 is 1.72 bits per heavy atom. The van der Waals surface area contributed by atoms with Crippen molar-refractivity contribution >= 4 is 24.0 Å². The molecule has 0 aliphatic carbocycles. The summed E-state index contributed by atoms with van der Waals surface area (Å²) in [5, 5.41) is 33.1. The number of hydrogen-bond donors (Lipinski definition) is 3. The Morgan fingerprint density at radius 1 is 1.02 bits per heavy atom. The monoisotopic (exact) mass is 757 g/mol. The largest absolute Gasteiger partial charge is 0.462 e. The van der Waals surface area contributed by atoms with E-state index in [1.807, 2.05) is 0 Å². The van der Waals surface area contributed by atoms with Crippen LogP contribution < -0.4 is 0 Å². The van der Waals surface area contributed by atoms with Crippen molar-refractivity contribution in [2.75, 3.05) is 21.2 Å². The van der Waals surface area contributed by atoms with Crippen LogP contribution in [0.4, 0.5) is 0 Å². The van der Waals surface area contributed by atoms with E-state index >= 15 is 0 Å². The van der Waals surface area contributed by atoms with E-state index in [9.17, 15) is 34.5 Å². The van der Waals surface area contributed by atoms with Crippen molar-refractivity contribution in [1.29, 1.82) is 0 Å². The number of ether oxygens (including phenoxy) is 8. The molecule has 0 aromatic rings. The van der Waals surface area contributed by atoms with Crippen LogP contribution in [0.5, 0.6) is 0 Å². The average Bonchev–Trinajstić information content (AvgIpc) is 3.80. The molecule has 0 aromatic carbocycles. The fraction of sp³-hybridized carbons (Fsp3) is 0.838. The van der Waals surface area contributed by atoms with Crippen molar-refractivity contribution in [1.82, 2.24) is 4.90 Å². The van der Waals surface area contributed by atoms with Gasteiger partial charge in [0.05, 0.1) is 42.5 Å². The smallest absolute Gasteiger partial charge is 0.309 e. The van der Waals surface area contributed by atoms with Gasteiger partial charge in [0.1, 0.15) is 49.0 Å². The van der Waals surface area contributed by atoms with Gasteiger partial charge in [0.15, 0.2) is 18.4 Å². The normalized spacial score (nSPS) is 44.5. The van der Waals surface area contributed by atoms with E-state index < -0.39 is 109 Å². The first-order chi connectivity index (χ1) is 24.9. The third-order valence-corrected chi connectivity index (χ3v) is 10.6. The standard InChI is InChI=1S/C37H59NO15/c1-18-14-23(12-13-39)33(34(46-9)27(50-22(5)40)16-28(42)47-19(2)15-26-25(51-26)11-10-24(18)41)53-36-31(43)30(38(7)8)32(20(3)49-36)52-29-17-37(6,45)35(44)21(4)48-29/h10-11,13,18-21,23,25-27,29-36,43-45H,12,14-17H2,1-9H3. The van der Waals surface area contributed by atoms with Crippen LogP contribution in [0.2, 0.25) is 0 Å². The molecule has 302 valence electrons. The summed E-state index contributed by atoms with van der Waals surface area (Å²) >= 11 is 0. The van der Waals surface area contributed by atoms with E-state index in [0.717, 1.165) is 0 Å². The number of carbonyl (C=O) groups excluding carboxylic acids is 4. The average molecular weight is 758 g/mol. The number of rotatable bonds is 9. The molecule has 0 spiro atoms. The number of carbonyl (C=O) groups is 4. The van der Waals surface area contributed by atoms with Crippen LogP contribution in [0.25, 0.3) is 0 Å². The third-order valence-electron chi connectivity index (χ3n) is 10.6. The van der Waals surface area contributed by atoms with E-state index in [2.05, 4.69) is 0 Å². The number of epoxide rings is 1. The van der Waals surface area contributed by atoms with E-state index in [-0.39, 0.29) is 37.3 Å². The van der Waals surface area contributed by atoms with Crippen LogP contribution in [-0.2, 0) is 57.1 Å². The Labute approximate surface area is 311 Å². The summed E-state index contributed by atoms with van der Waals surface area (Å²) in [5.41, 5.74) is -1.49. The van der Waals surface area contributed by atoms with Crippen molar-refractivity contribution in [3.05, 3.63) is 12.2 Å². The molecule has 16 heteroatoms. The molecule has 17 atom stereocenters. The number of likely N-dealkylation sites (N-methyl/N-ethyl adjacent to an activating group) is 1. The third kappa shape index (κ3) is 11.1. The number of aliphatic hydroxyl groups is 3. The van der Waals surface area contributed by atoms with Gasteiger partial charge < -0.3 is 62.9 Å². The zero-order chi connectivity index (χ0) is 39.4. The van der Waals surface area contributed by atoms with E-state index in [1.54, 1.807) is 52.8 Å². The number of methoxy groups -OCH3 is 1. The Balaban J connectivity index is 1.68. The van der Waals surface area contributed by atoms with E-state index in [4.69, 9.17) is 37.9 Å². The number of hydrogen-bond acceptors (Lipinski definition) is 16. The Hall–Kier alpha value is -2.38. The van der Waals surface area contributed by atoms with Gasteiger partial charge in [-0.1, -0.05) is 6.92 Å². The maximum absolute atomic E-state index is 13.3. The number of cyclic esters (lactones) is 1. The molecule has 0 aromatic heterocycles. The second kappa shape index (κ2) is 18.5. The minimum absolute atomic E-state index is 0.0397. The lowest BCUT2D eigenvalue weighted by molar-refractivity contribution is -0.344. The number of aldehydes is 1. The van der Waals surface area contributed by atoms with Gasteiger partial charge in [0.2, 0.25) is 0 Å². The van der Waals surface area contributed by atoms with Gasteiger partial charge >= 0.3 is 11.9 Å². The molecule has 4 rings (SSSR count). The lowest BCUT2D eigenvalue weighted by atomic mass is 9.83. The second-order valence-electron chi connectivity index (χ2n) is 15.4. The number of esters is 2. The van der Waals surface area contributed by atoms with Crippen molar-refractivity contribution in [3.8, 4) is 0 Å². The quantitative estimate of drug-likeness (QED) is 0.169. The summed E-state index contributed by atoms with van der Waals surface area (Å²) in [5.74, 6) is -2.92. The highest BCUT2D eigenvalue weighted by molar-refractivity contribution is 5.91. The maximum Gasteiger partial charge on any atom is 0.309 e. The minimum Gasteiger partial charge on any atom is -0.462 e. The molecule has 3 N–H and O–H groups in total. The molecule has 16 nitrogen and oxygen atoms in total. The highest BCUT2D eigenvalue weighted by Gasteiger charge is 2.52. The Morgan fingerprint density at radius 3 is 2.32 bits per heavy atom. The zero-order valence-electron chi connectivity index (χ0n) is 32.2. The molecular weight excluding hydrogens is 698 g/mol. The second-order valence-corrected chi connectivity index (χ2v) is 15.4. The predicted molar refractivity (Wildman–Crippen MR) is 185 cm³/mol. The van der Waals surface area contributed by atoms with Gasteiger partial charge in [0.25, 0.3) is 0 Å². The zero-order valence-corrected chi connectivity index (χ0v) is 32.2. The van der Waals surface area contributed by atoms with Crippen LogP contribution in [0.1, 0.15) is 73.6 Å².